The molecule has 0 atom stereocenters. The summed E-state index contributed by atoms with van der Waals surface area (Å²) in [4.78, 5) is 2.64. The van der Waals surface area contributed by atoms with Gasteiger partial charge in [-0.1, -0.05) is 24.3 Å². The maximum atomic E-state index is 3.36. The van der Waals surface area contributed by atoms with Gasteiger partial charge < -0.3 is 5.32 Å². The molecule has 2 aliphatic heterocycles. The monoisotopic (exact) mass is 216 g/mol. The zero-order valence-corrected chi connectivity index (χ0v) is 9.78. The Hall–Kier alpha value is -0.860. The summed E-state index contributed by atoms with van der Waals surface area (Å²) in [5.74, 6) is 0.894. The van der Waals surface area contributed by atoms with Crippen LogP contribution in [0.25, 0.3) is 0 Å². The second-order valence-corrected chi connectivity index (χ2v) is 5.13. The van der Waals surface area contributed by atoms with Crippen LogP contribution in [0.1, 0.15) is 17.5 Å². The molecule has 1 aromatic rings. The summed E-state index contributed by atoms with van der Waals surface area (Å²) in [6.07, 6.45) is 2.58. The van der Waals surface area contributed by atoms with Gasteiger partial charge in [-0.3, -0.25) is 4.90 Å². The van der Waals surface area contributed by atoms with E-state index in [1.165, 1.54) is 39.0 Å². The summed E-state index contributed by atoms with van der Waals surface area (Å²) >= 11 is 0. The summed E-state index contributed by atoms with van der Waals surface area (Å²) in [6, 6.07) is 8.94. The van der Waals surface area contributed by atoms with Crippen molar-refractivity contribution in [3.05, 3.63) is 35.4 Å². The fourth-order valence-electron chi connectivity index (χ4n) is 2.77. The Bertz CT molecular complexity index is 358. The SMILES string of the molecule is c1ccc2c(c1)CCCN(CC1CNC1)C2. The van der Waals surface area contributed by atoms with Gasteiger partial charge in [-0.15, -0.1) is 0 Å². The molecule has 2 heteroatoms. The van der Waals surface area contributed by atoms with Gasteiger partial charge in [0.2, 0.25) is 0 Å². The Balaban J connectivity index is 1.69. The van der Waals surface area contributed by atoms with Crippen LogP contribution in [-0.2, 0) is 13.0 Å². The van der Waals surface area contributed by atoms with Gasteiger partial charge >= 0.3 is 0 Å². The predicted molar refractivity (Wildman–Crippen MR) is 66.4 cm³/mol. The van der Waals surface area contributed by atoms with Crippen LogP contribution in [-0.4, -0.2) is 31.1 Å². The van der Waals surface area contributed by atoms with E-state index in [1.807, 2.05) is 0 Å². The zero-order valence-electron chi connectivity index (χ0n) is 9.78. The average molecular weight is 216 g/mol. The Kier molecular flexibility index (Phi) is 2.94. The van der Waals surface area contributed by atoms with Crippen molar-refractivity contribution in [1.29, 1.82) is 0 Å². The zero-order chi connectivity index (χ0) is 10.8. The minimum Gasteiger partial charge on any atom is -0.316 e. The first-order valence-electron chi connectivity index (χ1n) is 6.41. The maximum Gasteiger partial charge on any atom is 0.0236 e. The first-order chi connectivity index (χ1) is 7.92. The molecule has 0 unspecified atom stereocenters. The van der Waals surface area contributed by atoms with Crippen molar-refractivity contribution in [3.8, 4) is 0 Å². The first kappa shape index (κ1) is 10.3. The van der Waals surface area contributed by atoms with Crippen molar-refractivity contribution in [1.82, 2.24) is 10.2 Å². The lowest BCUT2D eigenvalue weighted by molar-refractivity contribution is 0.188. The molecule has 2 nitrogen and oxygen atoms in total. The van der Waals surface area contributed by atoms with Gasteiger partial charge in [0.25, 0.3) is 0 Å². The lowest BCUT2D eigenvalue weighted by Crippen LogP contribution is -2.48. The molecule has 0 saturated carbocycles. The van der Waals surface area contributed by atoms with Crippen molar-refractivity contribution in [2.24, 2.45) is 5.92 Å². The van der Waals surface area contributed by atoms with Gasteiger partial charge in [-0.05, 0) is 36.4 Å². The molecule has 1 N–H and O–H groups in total. The molecular weight excluding hydrogens is 196 g/mol. The number of rotatable bonds is 2. The van der Waals surface area contributed by atoms with Crippen LogP contribution < -0.4 is 5.32 Å². The molecule has 0 bridgehead atoms. The topological polar surface area (TPSA) is 15.3 Å². The molecule has 2 heterocycles. The van der Waals surface area contributed by atoms with Crippen LogP contribution in [0.4, 0.5) is 0 Å². The van der Waals surface area contributed by atoms with Crippen molar-refractivity contribution in [2.45, 2.75) is 19.4 Å². The third-order valence-corrected chi connectivity index (χ3v) is 3.82. The molecular formula is C14H20N2. The number of hydrogen-bond donors (Lipinski definition) is 1. The number of aryl methyl sites for hydroxylation is 1. The van der Waals surface area contributed by atoms with E-state index in [1.54, 1.807) is 11.1 Å². The summed E-state index contributed by atoms with van der Waals surface area (Å²) < 4.78 is 0. The van der Waals surface area contributed by atoms with Crippen LogP contribution in [0.15, 0.2) is 24.3 Å². The molecule has 0 spiro atoms. The number of fused-ring (bicyclic) bond motifs is 1. The third kappa shape index (κ3) is 2.13. The van der Waals surface area contributed by atoms with Crippen LogP contribution in [0.5, 0.6) is 0 Å². The summed E-state index contributed by atoms with van der Waals surface area (Å²) in [5.41, 5.74) is 3.11. The number of nitrogens with zero attached hydrogens (tertiary/aromatic N) is 1. The number of nitrogens with one attached hydrogen (secondary N) is 1. The minimum atomic E-state index is 0.894. The van der Waals surface area contributed by atoms with Crippen LogP contribution in [0.3, 0.4) is 0 Å². The van der Waals surface area contributed by atoms with E-state index in [0.717, 1.165) is 12.5 Å². The second-order valence-electron chi connectivity index (χ2n) is 5.13. The lowest BCUT2D eigenvalue weighted by atomic mass is 10.0. The predicted octanol–water partition coefficient (Wildman–Crippen LogP) is 1.65. The van der Waals surface area contributed by atoms with Gasteiger partial charge in [0, 0.05) is 26.2 Å². The normalized spacial score (nSPS) is 22.2. The van der Waals surface area contributed by atoms with E-state index in [-0.39, 0.29) is 0 Å². The van der Waals surface area contributed by atoms with E-state index < -0.39 is 0 Å². The second kappa shape index (κ2) is 4.56. The molecule has 0 radical (unpaired) electrons. The highest BCUT2D eigenvalue weighted by Gasteiger charge is 2.21. The van der Waals surface area contributed by atoms with Crippen LogP contribution >= 0.6 is 0 Å². The Labute approximate surface area is 97.6 Å². The third-order valence-electron chi connectivity index (χ3n) is 3.82. The number of benzene rings is 1. The van der Waals surface area contributed by atoms with Crippen molar-refractivity contribution < 1.29 is 0 Å². The highest BCUT2D eigenvalue weighted by molar-refractivity contribution is 5.28. The first-order valence-corrected chi connectivity index (χ1v) is 6.41. The molecule has 0 amide bonds. The quantitative estimate of drug-likeness (QED) is 0.808. The largest absolute Gasteiger partial charge is 0.316 e. The molecule has 16 heavy (non-hydrogen) atoms. The molecule has 1 saturated heterocycles. The molecule has 0 aliphatic carbocycles. The van der Waals surface area contributed by atoms with Crippen LogP contribution in [0, 0.1) is 5.92 Å². The number of hydrogen-bond acceptors (Lipinski definition) is 2. The van der Waals surface area contributed by atoms with Gasteiger partial charge in [0.15, 0.2) is 0 Å². The fraction of sp³-hybridized carbons (Fsp3) is 0.571. The Morgan fingerprint density at radius 1 is 1.19 bits per heavy atom. The molecule has 3 rings (SSSR count). The highest BCUT2D eigenvalue weighted by Crippen LogP contribution is 2.19. The van der Waals surface area contributed by atoms with E-state index in [2.05, 4.69) is 34.5 Å². The van der Waals surface area contributed by atoms with Gasteiger partial charge in [0.05, 0.1) is 0 Å². The molecule has 1 fully saturated rings. The average Bonchev–Trinajstić information content (AvgIpc) is 2.45. The molecule has 1 aromatic carbocycles. The Morgan fingerprint density at radius 3 is 2.75 bits per heavy atom. The van der Waals surface area contributed by atoms with Crippen molar-refractivity contribution in [2.75, 3.05) is 26.2 Å². The van der Waals surface area contributed by atoms with E-state index in [9.17, 15) is 0 Å². The van der Waals surface area contributed by atoms with Crippen LogP contribution in [0.2, 0.25) is 0 Å². The summed E-state index contributed by atoms with van der Waals surface area (Å²) in [6.45, 7) is 6.15. The minimum absolute atomic E-state index is 0.894. The molecule has 86 valence electrons. The smallest absolute Gasteiger partial charge is 0.0236 e. The van der Waals surface area contributed by atoms with E-state index >= 15 is 0 Å². The van der Waals surface area contributed by atoms with Crippen molar-refractivity contribution in [3.63, 3.8) is 0 Å². The van der Waals surface area contributed by atoms with Gasteiger partial charge in [0.1, 0.15) is 0 Å². The lowest BCUT2D eigenvalue weighted by Gasteiger charge is -2.32. The van der Waals surface area contributed by atoms with E-state index in [4.69, 9.17) is 0 Å². The van der Waals surface area contributed by atoms with E-state index in [0.29, 0.717) is 0 Å². The van der Waals surface area contributed by atoms with Crippen molar-refractivity contribution >= 4 is 0 Å². The standard InChI is InChI=1S/C14H20N2/c1-2-5-14-11-16(10-12-8-15-9-12)7-3-6-13(14)4-1/h1-2,4-5,12,15H,3,6-11H2. The molecule has 2 aliphatic rings. The molecule has 0 aromatic heterocycles. The summed E-state index contributed by atoms with van der Waals surface area (Å²) in [5, 5.41) is 3.36. The van der Waals surface area contributed by atoms with Gasteiger partial charge in [-0.25, -0.2) is 0 Å². The Morgan fingerprint density at radius 2 is 2.00 bits per heavy atom. The fourth-order valence-corrected chi connectivity index (χ4v) is 2.77. The van der Waals surface area contributed by atoms with Gasteiger partial charge in [-0.2, -0.15) is 0 Å². The maximum absolute atomic E-state index is 3.36. The highest BCUT2D eigenvalue weighted by atomic mass is 15.1. The summed E-state index contributed by atoms with van der Waals surface area (Å²) in [7, 11) is 0.